The Bertz CT molecular complexity index is 656. The highest BCUT2D eigenvalue weighted by Gasteiger charge is 2.20. The Labute approximate surface area is 109 Å². The average molecular weight is 288 g/mol. The van der Waals surface area contributed by atoms with Crippen LogP contribution < -0.4 is 0 Å². The quantitative estimate of drug-likeness (QED) is 0.362. The topological polar surface area (TPSA) is 77.3 Å². The first-order valence-corrected chi connectivity index (χ1v) is 7.31. The van der Waals surface area contributed by atoms with E-state index in [1.807, 2.05) is 6.92 Å². The summed E-state index contributed by atoms with van der Waals surface area (Å²) in [4.78, 5) is 9.87. The van der Waals surface area contributed by atoms with Crippen LogP contribution in [0.2, 0.25) is 0 Å². The summed E-state index contributed by atoms with van der Waals surface area (Å²) in [5.41, 5.74) is 0.312. The number of nitro groups is 1. The Balaban J connectivity index is 3.62. The van der Waals surface area contributed by atoms with Gasteiger partial charge in [-0.1, -0.05) is 18.8 Å². The molecule has 0 atom stereocenters. The number of hydrogen-bond acceptors (Lipinski definition) is 4. The molecule has 96 valence electrons. The molecule has 0 fully saturated rings. The fourth-order valence-electron chi connectivity index (χ4n) is 1.32. The van der Waals surface area contributed by atoms with Crippen molar-refractivity contribution in [2.24, 2.45) is 0 Å². The molecule has 0 radical (unpaired) electrons. The average Bonchev–Trinajstić information content (AvgIpc) is 2.25. The van der Waals surface area contributed by atoms with E-state index in [2.05, 4.69) is 11.8 Å². The molecule has 5 nitrogen and oxygen atoms in total. The number of nitro benzene ring substituents is 1. The van der Waals surface area contributed by atoms with E-state index in [0.717, 1.165) is 6.07 Å². The van der Waals surface area contributed by atoms with Gasteiger partial charge in [0.2, 0.25) is 0 Å². The van der Waals surface area contributed by atoms with Crippen LogP contribution in [0.5, 0.6) is 0 Å². The molecule has 1 aromatic rings. The largest absolute Gasteiger partial charge is 0.274 e. The summed E-state index contributed by atoms with van der Waals surface area (Å²) in [6, 6.07) is 2.18. The highest BCUT2D eigenvalue weighted by Crippen LogP contribution is 2.27. The van der Waals surface area contributed by atoms with Gasteiger partial charge in [-0.05, 0) is 13.0 Å². The van der Waals surface area contributed by atoms with Crippen molar-refractivity contribution in [2.45, 2.75) is 25.2 Å². The first-order chi connectivity index (χ1) is 8.27. The Kier molecular flexibility index (Phi) is 4.33. The Hall–Kier alpha value is -1.58. The lowest BCUT2D eigenvalue weighted by Crippen LogP contribution is -1.99. The van der Waals surface area contributed by atoms with E-state index in [-0.39, 0.29) is 10.6 Å². The van der Waals surface area contributed by atoms with Crippen LogP contribution in [-0.2, 0) is 9.05 Å². The molecule has 0 spiro atoms. The van der Waals surface area contributed by atoms with Crippen molar-refractivity contribution < 1.29 is 13.3 Å². The van der Waals surface area contributed by atoms with Crippen molar-refractivity contribution in [2.75, 3.05) is 0 Å². The van der Waals surface area contributed by atoms with Gasteiger partial charge in [0.05, 0.1) is 9.82 Å². The van der Waals surface area contributed by atoms with E-state index in [9.17, 15) is 18.5 Å². The highest BCUT2D eigenvalue weighted by molar-refractivity contribution is 8.13. The van der Waals surface area contributed by atoms with E-state index < -0.39 is 14.0 Å². The number of nitrogens with zero attached hydrogens (tertiary/aromatic N) is 1. The summed E-state index contributed by atoms with van der Waals surface area (Å²) in [5, 5.41) is 10.8. The molecule has 0 heterocycles. The standard InChI is InChI=1S/C11H10ClNO4S/c1-3-4-5-9-6-10(18(12,16)17)7-11(8(9)2)13(14)15/h6-7H,3H2,1-2H3. The Morgan fingerprint density at radius 1 is 1.44 bits per heavy atom. The van der Waals surface area contributed by atoms with Gasteiger partial charge in [0.15, 0.2) is 0 Å². The van der Waals surface area contributed by atoms with Gasteiger partial charge in [-0.2, -0.15) is 0 Å². The third-order valence-electron chi connectivity index (χ3n) is 2.23. The van der Waals surface area contributed by atoms with Gasteiger partial charge in [-0.3, -0.25) is 10.1 Å². The summed E-state index contributed by atoms with van der Waals surface area (Å²) < 4.78 is 22.5. The summed E-state index contributed by atoms with van der Waals surface area (Å²) in [5.74, 6) is 5.43. The molecule has 0 bridgehead atoms. The van der Waals surface area contributed by atoms with Crippen LogP contribution in [0.3, 0.4) is 0 Å². The zero-order valence-corrected chi connectivity index (χ0v) is 11.3. The molecule has 18 heavy (non-hydrogen) atoms. The lowest BCUT2D eigenvalue weighted by atomic mass is 10.1. The molecule has 0 aromatic heterocycles. The van der Waals surface area contributed by atoms with Crippen LogP contribution in [0.4, 0.5) is 5.69 Å². The predicted molar refractivity (Wildman–Crippen MR) is 68.0 cm³/mol. The summed E-state index contributed by atoms with van der Waals surface area (Å²) in [6.45, 7) is 3.33. The third kappa shape index (κ3) is 3.22. The molecular weight excluding hydrogens is 278 g/mol. The maximum absolute atomic E-state index is 11.2. The molecule has 0 aliphatic carbocycles. The molecule has 0 saturated heterocycles. The van der Waals surface area contributed by atoms with Crippen molar-refractivity contribution >= 4 is 25.4 Å². The minimum Gasteiger partial charge on any atom is -0.258 e. The van der Waals surface area contributed by atoms with E-state index in [0.29, 0.717) is 17.5 Å². The van der Waals surface area contributed by atoms with Crippen LogP contribution in [0, 0.1) is 28.9 Å². The molecular formula is C11H10ClNO4S. The SMILES string of the molecule is CCC#Cc1cc(S(=O)(=O)Cl)cc([N+](=O)[O-])c1C. The van der Waals surface area contributed by atoms with Crippen molar-refractivity contribution in [1.82, 2.24) is 0 Å². The van der Waals surface area contributed by atoms with Gasteiger partial charge in [0, 0.05) is 34.3 Å². The molecule has 0 N–H and O–H groups in total. The lowest BCUT2D eigenvalue weighted by molar-refractivity contribution is -0.385. The molecule has 0 aliphatic rings. The lowest BCUT2D eigenvalue weighted by Gasteiger charge is -2.03. The van der Waals surface area contributed by atoms with Crippen molar-refractivity contribution in [3.63, 3.8) is 0 Å². The maximum Gasteiger partial charge on any atom is 0.274 e. The van der Waals surface area contributed by atoms with Crippen LogP contribution in [0.25, 0.3) is 0 Å². The van der Waals surface area contributed by atoms with Crippen LogP contribution in [0.15, 0.2) is 17.0 Å². The monoisotopic (exact) mass is 287 g/mol. The minimum atomic E-state index is -4.02. The number of benzene rings is 1. The smallest absolute Gasteiger partial charge is 0.258 e. The fraction of sp³-hybridized carbons (Fsp3) is 0.273. The molecule has 0 amide bonds. The fourth-order valence-corrected chi connectivity index (χ4v) is 2.10. The normalized spacial score (nSPS) is 10.6. The molecule has 0 unspecified atom stereocenters. The zero-order chi connectivity index (χ0) is 13.9. The maximum atomic E-state index is 11.2. The van der Waals surface area contributed by atoms with Gasteiger partial charge in [0.1, 0.15) is 0 Å². The number of hydrogen-bond donors (Lipinski definition) is 0. The Morgan fingerprint density at radius 3 is 2.50 bits per heavy atom. The van der Waals surface area contributed by atoms with Gasteiger partial charge in [-0.25, -0.2) is 8.42 Å². The van der Waals surface area contributed by atoms with E-state index in [1.54, 1.807) is 0 Å². The van der Waals surface area contributed by atoms with Gasteiger partial charge < -0.3 is 0 Å². The second-order valence-corrected chi connectivity index (χ2v) is 6.03. The van der Waals surface area contributed by atoms with Gasteiger partial charge in [-0.15, -0.1) is 0 Å². The minimum absolute atomic E-state index is 0.297. The summed E-state index contributed by atoms with van der Waals surface area (Å²) in [6.07, 6.45) is 0.561. The summed E-state index contributed by atoms with van der Waals surface area (Å²) in [7, 11) is 1.17. The van der Waals surface area contributed by atoms with Crippen LogP contribution in [0.1, 0.15) is 24.5 Å². The molecule has 0 saturated carbocycles. The number of halogens is 1. The first kappa shape index (κ1) is 14.5. The second-order valence-electron chi connectivity index (χ2n) is 3.47. The Morgan fingerprint density at radius 2 is 2.06 bits per heavy atom. The first-order valence-electron chi connectivity index (χ1n) is 5.00. The molecule has 0 aliphatic heterocycles. The van der Waals surface area contributed by atoms with E-state index >= 15 is 0 Å². The van der Waals surface area contributed by atoms with Crippen molar-refractivity contribution in [1.29, 1.82) is 0 Å². The number of rotatable bonds is 2. The van der Waals surface area contributed by atoms with Crippen LogP contribution in [-0.4, -0.2) is 13.3 Å². The molecule has 7 heteroatoms. The van der Waals surface area contributed by atoms with Crippen molar-refractivity contribution in [3.05, 3.63) is 33.4 Å². The molecule has 1 aromatic carbocycles. The summed E-state index contributed by atoms with van der Waals surface area (Å²) >= 11 is 0. The van der Waals surface area contributed by atoms with E-state index in [1.165, 1.54) is 13.0 Å². The predicted octanol–water partition coefficient (Wildman–Crippen LogP) is 2.59. The third-order valence-corrected chi connectivity index (χ3v) is 3.57. The second kappa shape index (κ2) is 5.38. The molecule has 1 rings (SSSR count). The van der Waals surface area contributed by atoms with Gasteiger partial charge in [0.25, 0.3) is 14.7 Å². The highest BCUT2D eigenvalue weighted by atomic mass is 35.7. The van der Waals surface area contributed by atoms with E-state index in [4.69, 9.17) is 10.7 Å². The van der Waals surface area contributed by atoms with Crippen molar-refractivity contribution in [3.8, 4) is 11.8 Å². The zero-order valence-electron chi connectivity index (χ0n) is 9.73. The van der Waals surface area contributed by atoms with Gasteiger partial charge >= 0.3 is 0 Å². The van der Waals surface area contributed by atoms with Crippen LogP contribution >= 0.6 is 10.7 Å².